The van der Waals surface area contributed by atoms with Crippen molar-refractivity contribution in [2.24, 2.45) is 5.73 Å². The first-order chi connectivity index (χ1) is 10.2. The van der Waals surface area contributed by atoms with Crippen LogP contribution < -0.4 is 5.73 Å². The molecule has 0 spiro atoms. The molecule has 0 bridgehead atoms. The molecule has 0 saturated carbocycles. The second-order valence-corrected chi connectivity index (χ2v) is 5.33. The number of aromatic nitrogens is 2. The average molecular weight is 277 g/mol. The molecular weight excluding hydrogens is 258 g/mol. The van der Waals surface area contributed by atoms with Crippen molar-refractivity contribution < 1.29 is 0 Å². The maximum Gasteiger partial charge on any atom is 0.0602 e. The van der Waals surface area contributed by atoms with Crippen LogP contribution >= 0.6 is 0 Å². The van der Waals surface area contributed by atoms with Gasteiger partial charge in [0.1, 0.15) is 0 Å². The van der Waals surface area contributed by atoms with Crippen molar-refractivity contribution in [3.63, 3.8) is 0 Å². The molecular formula is C18H19N3. The third-order valence-electron chi connectivity index (χ3n) is 3.59. The maximum absolute atomic E-state index is 6.26. The van der Waals surface area contributed by atoms with Crippen LogP contribution in [0.5, 0.6) is 0 Å². The minimum absolute atomic E-state index is 0.0471. The van der Waals surface area contributed by atoms with E-state index in [9.17, 15) is 0 Å². The van der Waals surface area contributed by atoms with Crippen LogP contribution in [0.15, 0.2) is 67.0 Å². The highest BCUT2D eigenvalue weighted by Crippen LogP contribution is 2.21. The van der Waals surface area contributed by atoms with Crippen molar-refractivity contribution in [3.05, 3.63) is 78.1 Å². The first-order valence-electron chi connectivity index (χ1n) is 7.12. The van der Waals surface area contributed by atoms with Crippen LogP contribution in [0.3, 0.4) is 0 Å². The van der Waals surface area contributed by atoms with Gasteiger partial charge in [-0.05, 0) is 29.2 Å². The van der Waals surface area contributed by atoms with Crippen molar-refractivity contribution in [1.29, 1.82) is 0 Å². The van der Waals surface area contributed by atoms with Gasteiger partial charge in [0.2, 0.25) is 0 Å². The van der Waals surface area contributed by atoms with Crippen LogP contribution in [0.1, 0.15) is 17.2 Å². The average Bonchev–Trinajstić information content (AvgIpc) is 2.93. The SMILES string of the molecule is Cc1cnn(CC(N)c2ccc(-c3ccccc3)cc2)c1. The van der Waals surface area contributed by atoms with Gasteiger partial charge in [-0.2, -0.15) is 5.10 Å². The van der Waals surface area contributed by atoms with E-state index < -0.39 is 0 Å². The number of nitrogens with zero attached hydrogens (tertiary/aromatic N) is 2. The molecule has 0 amide bonds. The number of hydrogen-bond donors (Lipinski definition) is 1. The number of rotatable bonds is 4. The van der Waals surface area contributed by atoms with Gasteiger partial charge in [0.15, 0.2) is 0 Å². The molecule has 21 heavy (non-hydrogen) atoms. The Bertz CT molecular complexity index is 699. The summed E-state index contributed by atoms with van der Waals surface area (Å²) in [6.07, 6.45) is 3.86. The van der Waals surface area contributed by atoms with Crippen molar-refractivity contribution in [3.8, 4) is 11.1 Å². The number of hydrogen-bond acceptors (Lipinski definition) is 2. The minimum Gasteiger partial charge on any atom is -0.322 e. The molecule has 2 aromatic carbocycles. The molecule has 2 N–H and O–H groups in total. The predicted molar refractivity (Wildman–Crippen MR) is 85.8 cm³/mol. The third kappa shape index (κ3) is 3.20. The molecule has 1 heterocycles. The van der Waals surface area contributed by atoms with E-state index in [1.165, 1.54) is 11.1 Å². The highest BCUT2D eigenvalue weighted by molar-refractivity contribution is 5.63. The summed E-state index contributed by atoms with van der Waals surface area (Å²) in [5.74, 6) is 0. The lowest BCUT2D eigenvalue weighted by Gasteiger charge is -2.13. The van der Waals surface area contributed by atoms with Crippen LogP contribution in [0.2, 0.25) is 0 Å². The smallest absolute Gasteiger partial charge is 0.0602 e. The number of aryl methyl sites for hydroxylation is 1. The van der Waals surface area contributed by atoms with Gasteiger partial charge < -0.3 is 5.73 Å². The van der Waals surface area contributed by atoms with E-state index in [0.717, 1.165) is 11.1 Å². The van der Waals surface area contributed by atoms with E-state index >= 15 is 0 Å². The number of nitrogens with two attached hydrogens (primary N) is 1. The van der Waals surface area contributed by atoms with E-state index in [0.29, 0.717) is 6.54 Å². The first-order valence-corrected chi connectivity index (χ1v) is 7.12. The summed E-state index contributed by atoms with van der Waals surface area (Å²) in [7, 11) is 0. The largest absolute Gasteiger partial charge is 0.322 e. The summed E-state index contributed by atoms with van der Waals surface area (Å²) in [5.41, 5.74) is 11.0. The Labute approximate surface area is 125 Å². The zero-order valence-corrected chi connectivity index (χ0v) is 12.1. The van der Waals surface area contributed by atoms with Crippen molar-refractivity contribution in [1.82, 2.24) is 9.78 Å². The molecule has 1 aromatic heterocycles. The van der Waals surface area contributed by atoms with E-state index in [1.54, 1.807) is 0 Å². The normalized spacial score (nSPS) is 12.3. The first kappa shape index (κ1) is 13.6. The zero-order valence-electron chi connectivity index (χ0n) is 12.1. The highest BCUT2D eigenvalue weighted by Gasteiger charge is 2.08. The Morgan fingerprint density at radius 3 is 2.29 bits per heavy atom. The second kappa shape index (κ2) is 5.94. The summed E-state index contributed by atoms with van der Waals surface area (Å²) in [6.45, 7) is 2.72. The molecule has 106 valence electrons. The van der Waals surface area contributed by atoms with Crippen molar-refractivity contribution >= 4 is 0 Å². The summed E-state index contributed by atoms with van der Waals surface area (Å²) in [6, 6.07) is 18.8. The zero-order chi connectivity index (χ0) is 14.7. The molecule has 0 fully saturated rings. The lowest BCUT2D eigenvalue weighted by Crippen LogP contribution is -2.17. The molecule has 3 rings (SSSR count). The quantitative estimate of drug-likeness (QED) is 0.792. The molecule has 1 unspecified atom stereocenters. The molecule has 0 aliphatic heterocycles. The highest BCUT2D eigenvalue weighted by atomic mass is 15.3. The lowest BCUT2D eigenvalue weighted by molar-refractivity contribution is 0.527. The van der Waals surface area contributed by atoms with E-state index in [4.69, 9.17) is 5.73 Å². The van der Waals surface area contributed by atoms with Crippen LogP contribution in [0, 0.1) is 6.92 Å². The fourth-order valence-corrected chi connectivity index (χ4v) is 2.43. The van der Waals surface area contributed by atoms with Gasteiger partial charge in [-0.25, -0.2) is 0 Å². The lowest BCUT2D eigenvalue weighted by atomic mass is 10.0. The maximum atomic E-state index is 6.26. The third-order valence-corrected chi connectivity index (χ3v) is 3.59. The van der Waals surface area contributed by atoms with Crippen LogP contribution in [0.25, 0.3) is 11.1 Å². The predicted octanol–water partition coefficient (Wildman–Crippen LogP) is 3.56. The van der Waals surface area contributed by atoms with E-state index in [2.05, 4.69) is 53.6 Å². The van der Waals surface area contributed by atoms with Gasteiger partial charge in [0.05, 0.1) is 12.7 Å². The summed E-state index contributed by atoms with van der Waals surface area (Å²) >= 11 is 0. The van der Waals surface area contributed by atoms with Crippen LogP contribution in [0.4, 0.5) is 0 Å². The molecule has 0 radical (unpaired) electrons. The van der Waals surface area contributed by atoms with E-state index in [1.807, 2.05) is 30.1 Å². The molecule has 0 saturated heterocycles. The Hall–Kier alpha value is -2.39. The fourth-order valence-electron chi connectivity index (χ4n) is 2.43. The van der Waals surface area contributed by atoms with Gasteiger partial charge >= 0.3 is 0 Å². The Balaban J connectivity index is 1.74. The van der Waals surface area contributed by atoms with Gasteiger partial charge in [-0.1, -0.05) is 54.6 Å². The minimum atomic E-state index is -0.0471. The standard InChI is InChI=1S/C18H19N3/c1-14-11-20-21(12-14)13-18(19)17-9-7-16(8-10-17)15-5-3-2-4-6-15/h2-12,18H,13,19H2,1H3. The second-order valence-electron chi connectivity index (χ2n) is 5.33. The van der Waals surface area contributed by atoms with Gasteiger partial charge in [0, 0.05) is 12.2 Å². The summed E-state index contributed by atoms with van der Waals surface area (Å²) < 4.78 is 1.89. The molecule has 3 heteroatoms. The molecule has 0 aliphatic rings. The van der Waals surface area contributed by atoms with Crippen molar-refractivity contribution in [2.75, 3.05) is 0 Å². The topological polar surface area (TPSA) is 43.8 Å². The monoisotopic (exact) mass is 277 g/mol. The molecule has 3 nitrogen and oxygen atoms in total. The van der Waals surface area contributed by atoms with Crippen LogP contribution in [-0.2, 0) is 6.54 Å². The Morgan fingerprint density at radius 1 is 1.00 bits per heavy atom. The van der Waals surface area contributed by atoms with Gasteiger partial charge in [-0.15, -0.1) is 0 Å². The van der Waals surface area contributed by atoms with Crippen LogP contribution in [-0.4, -0.2) is 9.78 Å². The number of benzene rings is 2. The fraction of sp³-hybridized carbons (Fsp3) is 0.167. The van der Waals surface area contributed by atoms with E-state index in [-0.39, 0.29) is 6.04 Å². The summed E-state index contributed by atoms with van der Waals surface area (Å²) in [4.78, 5) is 0. The molecule has 1 atom stereocenters. The van der Waals surface area contributed by atoms with Crippen molar-refractivity contribution in [2.45, 2.75) is 19.5 Å². The molecule has 0 aliphatic carbocycles. The Morgan fingerprint density at radius 2 is 1.67 bits per heavy atom. The van der Waals surface area contributed by atoms with Gasteiger partial charge in [0.25, 0.3) is 0 Å². The summed E-state index contributed by atoms with van der Waals surface area (Å²) in [5, 5.41) is 4.28. The van der Waals surface area contributed by atoms with Gasteiger partial charge in [-0.3, -0.25) is 4.68 Å². The Kier molecular flexibility index (Phi) is 3.84. The molecule has 3 aromatic rings.